The maximum atomic E-state index is 5.35. The van der Waals surface area contributed by atoms with Gasteiger partial charge in [0.05, 0.1) is 5.41 Å². The molecule has 8 aromatic carbocycles. The monoisotopic (exact) mass is 673 g/mol. The molecule has 1 aromatic heterocycles. The lowest BCUT2D eigenvalue weighted by Crippen LogP contribution is -2.30. The van der Waals surface area contributed by atoms with Crippen LogP contribution in [-0.2, 0) is 5.41 Å². The van der Waals surface area contributed by atoms with Crippen molar-refractivity contribution in [1.29, 1.82) is 0 Å². The first-order valence-corrected chi connectivity index (χ1v) is 18.1. The molecule has 11 rings (SSSR count). The lowest BCUT2D eigenvalue weighted by atomic mass is 9.66. The van der Waals surface area contributed by atoms with E-state index >= 15 is 0 Å². The first kappa shape index (κ1) is 29.7. The first-order chi connectivity index (χ1) is 26.3. The van der Waals surface area contributed by atoms with E-state index in [0.29, 0.717) is 17.5 Å². The molecule has 0 amide bonds. The SMILES string of the molecule is C1=C(c2nc(-c3ccc4ccccc4c3)nc(-c3ccc4ccccc4c3)n2)c2ccccc2C2(c3ccccc31)c1ccccc1-c1ccccc12. The molecule has 0 bridgehead atoms. The molecular weight excluding hydrogens is 643 g/mol. The lowest BCUT2D eigenvalue weighted by molar-refractivity contribution is 0.765. The minimum Gasteiger partial charge on any atom is -0.208 e. The molecule has 2 aliphatic carbocycles. The Morgan fingerprint density at radius 1 is 0.321 bits per heavy atom. The van der Waals surface area contributed by atoms with E-state index < -0.39 is 5.41 Å². The van der Waals surface area contributed by atoms with Crippen LogP contribution >= 0.6 is 0 Å². The fraction of sp³-hybridized carbons (Fsp3) is 0.0200. The van der Waals surface area contributed by atoms with Crippen LogP contribution in [0.1, 0.15) is 39.2 Å². The Morgan fingerprint density at radius 3 is 1.30 bits per heavy atom. The number of aromatic nitrogens is 3. The van der Waals surface area contributed by atoms with E-state index in [4.69, 9.17) is 15.0 Å². The second kappa shape index (κ2) is 11.5. The summed E-state index contributed by atoms with van der Waals surface area (Å²) >= 11 is 0. The molecule has 1 spiro atoms. The zero-order valence-corrected chi connectivity index (χ0v) is 28.7. The highest BCUT2D eigenvalue weighted by Gasteiger charge is 2.49. The Balaban J connectivity index is 1.21. The summed E-state index contributed by atoms with van der Waals surface area (Å²) in [4.78, 5) is 15.9. The maximum absolute atomic E-state index is 5.35. The van der Waals surface area contributed by atoms with Gasteiger partial charge in [0.25, 0.3) is 0 Å². The highest BCUT2D eigenvalue weighted by molar-refractivity contribution is 5.98. The molecule has 0 aliphatic heterocycles. The summed E-state index contributed by atoms with van der Waals surface area (Å²) in [5.41, 5.74) is 12.2. The molecule has 0 fully saturated rings. The van der Waals surface area contributed by atoms with Crippen LogP contribution in [0, 0.1) is 0 Å². The summed E-state index contributed by atoms with van der Waals surface area (Å²) in [7, 11) is 0. The van der Waals surface area contributed by atoms with Crippen molar-refractivity contribution >= 4 is 33.2 Å². The zero-order chi connectivity index (χ0) is 34.9. The van der Waals surface area contributed by atoms with Crippen LogP contribution in [-0.4, -0.2) is 15.0 Å². The van der Waals surface area contributed by atoms with Crippen LogP contribution in [0.25, 0.3) is 67.1 Å². The Morgan fingerprint density at radius 2 is 0.736 bits per heavy atom. The van der Waals surface area contributed by atoms with E-state index in [2.05, 4.69) is 188 Å². The molecule has 0 atom stereocenters. The van der Waals surface area contributed by atoms with Gasteiger partial charge in [-0.1, -0.05) is 170 Å². The molecule has 0 saturated carbocycles. The summed E-state index contributed by atoms with van der Waals surface area (Å²) in [5, 5.41) is 4.65. The van der Waals surface area contributed by atoms with Crippen LogP contribution in [0.3, 0.4) is 0 Å². The van der Waals surface area contributed by atoms with Gasteiger partial charge in [-0.05, 0) is 84.3 Å². The van der Waals surface area contributed by atoms with Gasteiger partial charge < -0.3 is 0 Å². The van der Waals surface area contributed by atoms with Crippen molar-refractivity contribution in [3.8, 4) is 33.9 Å². The van der Waals surface area contributed by atoms with Gasteiger partial charge in [-0.15, -0.1) is 0 Å². The molecule has 9 aromatic rings. The van der Waals surface area contributed by atoms with Gasteiger partial charge in [0, 0.05) is 16.7 Å². The van der Waals surface area contributed by atoms with Gasteiger partial charge in [0.2, 0.25) is 0 Å². The number of fused-ring (bicyclic) bond motifs is 11. The van der Waals surface area contributed by atoms with E-state index in [1.807, 2.05) is 0 Å². The van der Waals surface area contributed by atoms with Crippen molar-refractivity contribution in [1.82, 2.24) is 15.0 Å². The van der Waals surface area contributed by atoms with Crippen molar-refractivity contribution in [3.63, 3.8) is 0 Å². The van der Waals surface area contributed by atoms with E-state index in [0.717, 1.165) is 38.6 Å². The van der Waals surface area contributed by atoms with E-state index in [1.165, 1.54) is 44.2 Å². The fourth-order valence-corrected chi connectivity index (χ4v) is 8.80. The molecule has 2 aliphatic rings. The second-order valence-electron chi connectivity index (χ2n) is 14.0. The number of hydrogen-bond acceptors (Lipinski definition) is 3. The van der Waals surface area contributed by atoms with Crippen molar-refractivity contribution in [3.05, 3.63) is 221 Å². The summed E-state index contributed by atoms with van der Waals surface area (Å²) in [6.45, 7) is 0. The smallest absolute Gasteiger partial charge is 0.164 e. The molecular formula is C50H31N3. The van der Waals surface area contributed by atoms with Crippen LogP contribution in [0.15, 0.2) is 182 Å². The first-order valence-electron chi connectivity index (χ1n) is 18.1. The van der Waals surface area contributed by atoms with Crippen molar-refractivity contribution in [2.45, 2.75) is 5.41 Å². The van der Waals surface area contributed by atoms with Crippen LogP contribution < -0.4 is 0 Å². The average molecular weight is 674 g/mol. The van der Waals surface area contributed by atoms with Crippen molar-refractivity contribution in [2.75, 3.05) is 0 Å². The second-order valence-corrected chi connectivity index (χ2v) is 14.0. The highest BCUT2D eigenvalue weighted by Crippen LogP contribution is 2.59. The summed E-state index contributed by atoms with van der Waals surface area (Å²) in [6, 6.07) is 65.3. The Labute approximate surface area is 307 Å². The highest BCUT2D eigenvalue weighted by atomic mass is 15.0. The van der Waals surface area contributed by atoms with Gasteiger partial charge in [-0.2, -0.15) is 0 Å². The number of nitrogens with zero attached hydrogens (tertiary/aromatic N) is 3. The molecule has 3 nitrogen and oxygen atoms in total. The molecule has 3 heteroatoms. The van der Waals surface area contributed by atoms with Gasteiger partial charge in [-0.25, -0.2) is 15.0 Å². The molecule has 53 heavy (non-hydrogen) atoms. The molecule has 0 radical (unpaired) electrons. The molecule has 0 saturated heterocycles. The van der Waals surface area contributed by atoms with Crippen LogP contribution in [0.4, 0.5) is 0 Å². The van der Waals surface area contributed by atoms with Gasteiger partial charge in [-0.3, -0.25) is 0 Å². The normalized spacial score (nSPS) is 13.5. The van der Waals surface area contributed by atoms with Gasteiger partial charge in [0.1, 0.15) is 0 Å². The lowest BCUT2D eigenvalue weighted by Gasteiger charge is -2.35. The third-order valence-electron chi connectivity index (χ3n) is 11.1. The molecule has 0 unspecified atom stereocenters. The maximum Gasteiger partial charge on any atom is 0.164 e. The number of hydrogen-bond donors (Lipinski definition) is 0. The largest absolute Gasteiger partial charge is 0.208 e. The van der Waals surface area contributed by atoms with Crippen molar-refractivity contribution in [2.24, 2.45) is 0 Å². The van der Waals surface area contributed by atoms with E-state index in [1.54, 1.807) is 0 Å². The van der Waals surface area contributed by atoms with E-state index in [-0.39, 0.29) is 0 Å². The predicted molar refractivity (Wildman–Crippen MR) is 216 cm³/mol. The number of benzene rings is 8. The molecule has 246 valence electrons. The Kier molecular flexibility index (Phi) is 6.47. The van der Waals surface area contributed by atoms with E-state index in [9.17, 15) is 0 Å². The third kappa shape index (κ3) is 4.44. The van der Waals surface area contributed by atoms with Crippen molar-refractivity contribution < 1.29 is 0 Å². The third-order valence-corrected chi connectivity index (χ3v) is 11.1. The fourth-order valence-electron chi connectivity index (χ4n) is 8.80. The van der Waals surface area contributed by atoms with Gasteiger partial charge in [0.15, 0.2) is 17.5 Å². The molecule has 1 heterocycles. The zero-order valence-electron chi connectivity index (χ0n) is 28.7. The number of rotatable bonds is 3. The minimum absolute atomic E-state index is 0.534. The van der Waals surface area contributed by atoms with Crippen LogP contribution in [0.2, 0.25) is 0 Å². The average Bonchev–Trinajstić information content (AvgIpc) is 3.45. The summed E-state index contributed by atoms with van der Waals surface area (Å²) < 4.78 is 0. The predicted octanol–water partition coefficient (Wildman–Crippen LogP) is 11.8. The van der Waals surface area contributed by atoms with Crippen LogP contribution in [0.5, 0.6) is 0 Å². The standard InChI is InChI=1S/C50H31N3/c1-3-15-34-29-37(27-25-32(34)13-1)47-51-48(38-28-26-33-14-2-4-16-35(33)30-38)53-49(52-47)42-31-36-17-5-9-21-43(36)50(46-24-12-8-20-41(42)46)44-22-10-6-18-39(44)40-19-7-11-23-45(40)50/h1-31H. The van der Waals surface area contributed by atoms with Gasteiger partial charge >= 0.3 is 0 Å². The quantitative estimate of drug-likeness (QED) is 0.187. The minimum atomic E-state index is -0.534. The summed E-state index contributed by atoms with van der Waals surface area (Å²) in [6.07, 6.45) is 2.30. The Hall–Kier alpha value is -6.97. The topological polar surface area (TPSA) is 38.7 Å². The molecule has 0 N–H and O–H groups in total. The Bertz CT molecular complexity index is 2830. The summed E-state index contributed by atoms with van der Waals surface area (Å²) in [5.74, 6) is 1.93.